The van der Waals surface area contributed by atoms with Gasteiger partial charge in [0.2, 0.25) is 0 Å². The molecule has 0 aliphatic heterocycles. The van der Waals surface area contributed by atoms with Gasteiger partial charge >= 0.3 is 0 Å². The van der Waals surface area contributed by atoms with Crippen LogP contribution in [0.15, 0.2) is 42.5 Å². The minimum atomic E-state index is 0.0711. The van der Waals surface area contributed by atoms with Crippen LogP contribution in [0.4, 0.5) is 0 Å². The standard InChI is InChI=1S/C17H19Cl2N/c1-3-11-20-17(13-9-7-12(2)8-10-13)14-5-4-6-15(18)16(14)19/h4-10,17,20H,3,11H2,1-2H3. The summed E-state index contributed by atoms with van der Waals surface area (Å²) < 4.78 is 0. The van der Waals surface area contributed by atoms with Crippen LogP contribution in [0.25, 0.3) is 0 Å². The van der Waals surface area contributed by atoms with E-state index in [1.54, 1.807) is 0 Å². The molecule has 0 spiro atoms. The van der Waals surface area contributed by atoms with Crippen LogP contribution >= 0.6 is 23.2 Å². The van der Waals surface area contributed by atoms with Gasteiger partial charge in [0, 0.05) is 0 Å². The second kappa shape index (κ2) is 7.12. The van der Waals surface area contributed by atoms with E-state index >= 15 is 0 Å². The Morgan fingerprint density at radius 1 is 1.05 bits per heavy atom. The summed E-state index contributed by atoms with van der Waals surface area (Å²) in [5.74, 6) is 0. The minimum absolute atomic E-state index is 0.0711. The minimum Gasteiger partial charge on any atom is -0.306 e. The SMILES string of the molecule is CCCNC(c1ccc(C)cc1)c1cccc(Cl)c1Cl. The van der Waals surface area contributed by atoms with E-state index in [2.05, 4.69) is 43.4 Å². The van der Waals surface area contributed by atoms with Gasteiger partial charge in [-0.1, -0.05) is 72.1 Å². The van der Waals surface area contributed by atoms with Crippen LogP contribution in [0.1, 0.15) is 36.1 Å². The van der Waals surface area contributed by atoms with Gasteiger partial charge < -0.3 is 5.32 Å². The van der Waals surface area contributed by atoms with Crippen LogP contribution in [0, 0.1) is 6.92 Å². The average molecular weight is 308 g/mol. The van der Waals surface area contributed by atoms with Crippen molar-refractivity contribution in [3.63, 3.8) is 0 Å². The van der Waals surface area contributed by atoms with Crippen LogP contribution in [0.3, 0.4) is 0 Å². The normalized spacial score (nSPS) is 12.4. The summed E-state index contributed by atoms with van der Waals surface area (Å²) in [4.78, 5) is 0. The smallest absolute Gasteiger partial charge is 0.0643 e. The lowest BCUT2D eigenvalue weighted by Crippen LogP contribution is -2.23. The zero-order valence-electron chi connectivity index (χ0n) is 11.8. The zero-order chi connectivity index (χ0) is 14.5. The van der Waals surface area contributed by atoms with E-state index in [1.807, 2.05) is 18.2 Å². The van der Waals surface area contributed by atoms with Crippen molar-refractivity contribution in [2.75, 3.05) is 6.54 Å². The molecule has 20 heavy (non-hydrogen) atoms. The van der Waals surface area contributed by atoms with Crippen LogP contribution in [-0.2, 0) is 0 Å². The highest BCUT2D eigenvalue weighted by molar-refractivity contribution is 6.42. The molecule has 1 nitrogen and oxygen atoms in total. The Labute approximate surface area is 130 Å². The first-order valence-corrected chi connectivity index (χ1v) is 7.63. The van der Waals surface area contributed by atoms with Crippen LogP contribution < -0.4 is 5.32 Å². The first-order chi connectivity index (χ1) is 9.63. The van der Waals surface area contributed by atoms with Gasteiger partial charge in [-0.25, -0.2) is 0 Å². The van der Waals surface area contributed by atoms with Gasteiger partial charge in [0.25, 0.3) is 0 Å². The van der Waals surface area contributed by atoms with E-state index in [1.165, 1.54) is 11.1 Å². The van der Waals surface area contributed by atoms with Crippen molar-refractivity contribution in [1.29, 1.82) is 0 Å². The molecule has 0 heterocycles. The number of aryl methyl sites for hydroxylation is 1. The van der Waals surface area contributed by atoms with Crippen molar-refractivity contribution >= 4 is 23.2 Å². The van der Waals surface area contributed by atoms with Crippen molar-refractivity contribution in [3.8, 4) is 0 Å². The van der Waals surface area contributed by atoms with Gasteiger partial charge in [-0.15, -0.1) is 0 Å². The molecule has 0 aromatic heterocycles. The molecule has 1 atom stereocenters. The maximum Gasteiger partial charge on any atom is 0.0643 e. The Hall–Kier alpha value is -1.02. The molecule has 0 aliphatic rings. The highest BCUT2D eigenvalue weighted by atomic mass is 35.5. The Morgan fingerprint density at radius 2 is 1.75 bits per heavy atom. The molecule has 2 rings (SSSR count). The van der Waals surface area contributed by atoms with Crippen molar-refractivity contribution in [2.24, 2.45) is 0 Å². The molecular weight excluding hydrogens is 289 g/mol. The molecule has 0 saturated heterocycles. The van der Waals surface area contributed by atoms with Gasteiger partial charge in [0.05, 0.1) is 16.1 Å². The van der Waals surface area contributed by atoms with Gasteiger partial charge in [-0.2, -0.15) is 0 Å². The van der Waals surface area contributed by atoms with E-state index in [0.717, 1.165) is 18.5 Å². The van der Waals surface area contributed by atoms with Gasteiger partial charge in [-0.3, -0.25) is 0 Å². The van der Waals surface area contributed by atoms with Gasteiger partial charge in [0.15, 0.2) is 0 Å². The first-order valence-electron chi connectivity index (χ1n) is 6.87. The fraction of sp³-hybridized carbons (Fsp3) is 0.294. The molecule has 1 unspecified atom stereocenters. The summed E-state index contributed by atoms with van der Waals surface area (Å²) in [6.07, 6.45) is 1.07. The van der Waals surface area contributed by atoms with Crippen molar-refractivity contribution in [3.05, 3.63) is 69.2 Å². The van der Waals surface area contributed by atoms with E-state index < -0.39 is 0 Å². The molecule has 3 heteroatoms. The van der Waals surface area contributed by atoms with E-state index in [-0.39, 0.29) is 6.04 Å². The largest absolute Gasteiger partial charge is 0.306 e. The Morgan fingerprint density at radius 3 is 2.40 bits per heavy atom. The summed E-state index contributed by atoms with van der Waals surface area (Å²) in [6, 6.07) is 14.4. The van der Waals surface area contributed by atoms with Crippen LogP contribution in [0.2, 0.25) is 10.0 Å². The Kier molecular flexibility index (Phi) is 5.47. The van der Waals surface area contributed by atoms with Crippen molar-refractivity contribution in [2.45, 2.75) is 26.3 Å². The van der Waals surface area contributed by atoms with Crippen molar-refractivity contribution < 1.29 is 0 Å². The molecule has 106 valence electrons. The highest BCUT2D eigenvalue weighted by Crippen LogP contribution is 2.33. The van der Waals surface area contributed by atoms with Gasteiger partial charge in [0.1, 0.15) is 0 Å². The fourth-order valence-electron chi connectivity index (χ4n) is 2.20. The molecule has 2 aromatic rings. The molecule has 0 saturated carbocycles. The number of halogens is 2. The molecule has 0 radical (unpaired) electrons. The van der Waals surface area contributed by atoms with Crippen molar-refractivity contribution in [1.82, 2.24) is 5.32 Å². The lowest BCUT2D eigenvalue weighted by Gasteiger charge is -2.21. The second-order valence-electron chi connectivity index (χ2n) is 4.94. The maximum absolute atomic E-state index is 6.38. The summed E-state index contributed by atoms with van der Waals surface area (Å²) in [5, 5.41) is 4.77. The highest BCUT2D eigenvalue weighted by Gasteiger charge is 2.17. The molecule has 0 bridgehead atoms. The molecule has 0 fully saturated rings. The predicted molar refractivity (Wildman–Crippen MR) is 87.8 cm³/mol. The number of hydrogen-bond donors (Lipinski definition) is 1. The average Bonchev–Trinajstić information content (AvgIpc) is 2.45. The number of hydrogen-bond acceptors (Lipinski definition) is 1. The Bertz CT molecular complexity index is 564. The van der Waals surface area contributed by atoms with Crippen LogP contribution in [-0.4, -0.2) is 6.54 Å². The monoisotopic (exact) mass is 307 g/mol. The third-order valence-electron chi connectivity index (χ3n) is 3.30. The third kappa shape index (κ3) is 3.54. The summed E-state index contributed by atoms with van der Waals surface area (Å²) in [7, 11) is 0. The molecule has 0 aliphatic carbocycles. The number of rotatable bonds is 5. The fourth-order valence-corrected chi connectivity index (χ4v) is 2.62. The Balaban J connectivity index is 2.41. The topological polar surface area (TPSA) is 12.0 Å². The molecular formula is C17H19Cl2N. The van der Waals surface area contributed by atoms with Gasteiger partial charge in [-0.05, 0) is 37.1 Å². The van der Waals surface area contributed by atoms with E-state index in [4.69, 9.17) is 23.2 Å². The molecule has 2 aromatic carbocycles. The summed E-state index contributed by atoms with van der Waals surface area (Å²) in [6.45, 7) is 5.17. The third-order valence-corrected chi connectivity index (χ3v) is 4.14. The lowest BCUT2D eigenvalue weighted by molar-refractivity contribution is 0.598. The predicted octanol–water partition coefficient (Wildman–Crippen LogP) is 5.39. The number of benzene rings is 2. The maximum atomic E-state index is 6.38. The second-order valence-corrected chi connectivity index (χ2v) is 5.73. The van der Waals surface area contributed by atoms with E-state index in [9.17, 15) is 0 Å². The van der Waals surface area contributed by atoms with E-state index in [0.29, 0.717) is 10.0 Å². The number of nitrogens with one attached hydrogen (secondary N) is 1. The quantitative estimate of drug-likeness (QED) is 0.780. The summed E-state index contributed by atoms with van der Waals surface area (Å²) >= 11 is 12.5. The van der Waals surface area contributed by atoms with Crippen LogP contribution in [0.5, 0.6) is 0 Å². The molecule has 0 amide bonds. The summed E-state index contributed by atoms with van der Waals surface area (Å²) in [5.41, 5.74) is 3.48. The first kappa shape index (κ1) is 15.4. The lowest BCUT2D eigenvalue weighted by atomic mass is 9.97. The zero-order valence-corrected chi connectivity index (χ0v) is 13.3. The molecule has 1 N–H and O–H groups in total.